The molecular weight excluding hydrogens is 216 g/mol. The summed E-state index contributed by atoms with van der Waals surface area (Å²) in [6.45, 7) is 5.77. The molecule has 1 atom stereocenters. The minimum Gasteiger partial charge on any atom is -0.325 e. The maximum absolute atomic E-state index is 12.1. The lowest BCUT2D eigenvalue weighted by Gasteiger charge is -2.14. The number of carbonyl (C=O) groups is 2. The molecule has 90 valence electrons. The fourth-order valence-electron chi connectivity index (χ4n) is 1.96. The highest BCUT2D eigenvalue weighted by Gasteiger charge is 2.40. The first-order valence-corrected chi connectivity index (χ1v) is 5.72. The lowest BCUT2D eigenvalue weighted by atomic mass is 10.0. The van der Waals surface area contributed by atoms with Gasteiger partial charge in [-0.3, -0.25) is 4.79 Å². The van der Waals surface area contributed by atoms with Crippen molar-refractivity contribution >= 4 is 17.6 Å². The molecule has 17 heavy (non-hydrogen) atoms. The van der Waals surface area contributed by atoms with Crippen LogP contribution in [0.2, 0.25) is 0 Å². The van der Waals surface area contributed by atoms with Crippen molar-refractivity contribution in [2.75, 3.05) is 4.90 Å². The van der Waals surface area contributed by atoms with Gasteiger partial charge in [-0.05, 0) is 30.5 Å². The van der Waals surface area contributed by atoms with E-state index in [0.29, 0.717) is 5.69 Å². The number of rotatable bonds is 2. The van der Waals surface area contributed by atoms with Gasteiger partial charge >= 0.3 is 6.03 Å². The van der Waals surface area contributed by atoms with Crippen molar-refractivity contribution in [1.82, 2.24) is 5.32 Å². The quantitative estimate of drug-likeness (QED) is 0.794. The summed E-state index contributed by atoms with van der Waals surface area (Å²) < 4.78 is 0. The second kappa shape index (κ2) is 4.20. The third-order valence-corrected chi connectivity index (χ3v) is 2.90. The third kappa shape index (κ3) is 2.02. The highest BCUT2D eigenvalue weighted by Crippen LogP contribution is 2.22. The van der Waals surface area contributed by atoms with Gasteiger partial charge in [0.25, 0.3) is 5.91 Å². The normalized spacial score (nSPS) is 20.0. The molecule has 3 amide bonds. The number of hydrogen-bond donors (Lipinski definition) is 1. The summed E-state index contributed by atoms with van der Waals surface area (Å²) in [5.74, 6) is -0.0724. The first-order chi connectivity index (χ1) is 8.00. The summed E-state index contributed by atoms with van der Waals surface area (Å²) in [4.78, 5) is 25.1. The van der Waals surface area contributed by atoms with Crippen LogP contribution < -0.4 is 10.2 Å². The number of nitrogens with zero attached hydrogens (tertiary/aromatic N) is 1. The Labute approximate surface area is 101 Å². The monoisotopic (exact) mass is 232 g/mol. The Morgan fingerprint density at radius 1 is 1.29 bits per heavy atom. The smallest absolute Gasteiger partial charge is 0.325 e. The van der Waals surface area contributed by atoms with E-state index in [9.17, 15) is 9.59 Å². The molecule has 1 aromatic rings. The zero-order chi connectivity index (χ0) is 12.6. The number of carbonyl (C=O) groups excluding carboxylic acids is 2. The van der Waals surface area contributed by atoms with Crippen molar-refractivity contribution in [3.63, 3.8) is 0 Å². The number of anilines is 1. The Morgan fingerprint density at radius 2 is 2.00 bits per heavy atom. The van der Waals surface area contributed by atoms with E-state index in [2.05, 4.69) is 5.32 Å². The van der Waals surface area contributed by atoms with Gasteiger partial charge in [-0.2, -0.15) is 0 Å². The van der Waals surface area contributed by atoms with Gasteiger partial charge in [-0.25, -0.2) is 9.69 Å². The van der Waals surface area contributed by atoms with Gasteiger partial charge in [0.1, 0.15) is 6.04 Å². The first kappa shape index (κ1) is 11.6. The van der Waals surface area contributed by atoms with Crippen molar-refractivity contribution in [3.8, 4) is 0 Å². The maximum atomic E-state index is 12.1. The molecule has 1 fully saturated rings. The summed E-state index contributed by atoms with van der Waals surface area (Å²) in [6.07, 6.45) is 0. The van der Waals surface area contributed by atoms with Crippen LogP contribution in [0.15, 0.2) is 24.3 Å². The number of hydrogen-bond acceptors (Lipinski definition) is 2. The lowest BCUT2D eigenvalue weighted by Crippen LogP contribution is -2.34. The third-order valence-electron chi connectivity index (χ3n) is 2.90. The van der Waals surface area contributed by atoms with E-state index >= 15 is 0 Å². The topological polar surface area (TPSA) is 49.4 Å². The molecular formula is C13H16N2O2. The number of urea groups is 1. The SMILES string of the molecule is Cc1cccc(N2C(=O)NC(C(C)C)C2=O)c1. The Morgan fingerprint density at radius 3 is 2.53 bits per heavy atom. The predicted octanol–water partition coefficient (Wildman–Crippen LogP) is 2.08. The average Bonchev–Trinajstić information content (AvgIpc) is 2.54. The summed E-state index contributed by atoms with van der Waals surface area (Å²) in [7, 11) is 0. The van der Waals surface area contributed by atoms with Gasteiger partial charge in [-0.15, -0.1) is 0 Å². The molecule has 4 nitrogen and oxygen atoms in total. The van der Waals surface area contributed by atoms with Crippen LogP contribution in [-0.2, 0) is 4.79 Å². The number of aryl methyl sites for hydroxylation is 1. The van der Waals surface area contributed by atoms with Gasteiger partial charge in [0.05, 0.1) is 5.69 Å². The average molecular weight is 232 g/mol. The Bertz CT molecular complexity index is 468. The molecule has 1 aliphatic rings. The van der Waals surface area contributed by atoms with Crippen LogP contribution in [0, 0.1) is 12.8 Å². The molecule has 0 bridgehead atoms. The van der Waals surface area contributed by atoms with Crippen molar-refractivity contribution in [3.05, 3.63) is 29.8 Å². The molecule has 0 saturated carbocycles. The van der Waals surface area contributed by atoms with E-state index in [1.807, 2.05) is 39.0 Å². The first-order valence-electron chi connectivity index (χ1n) is 5.72. The van der Waals surface area contributed by atoms with Crippen molar-refractivity contribution < 1.29 is 9.59 Å². The molecule has 1 heterocycles. The van der Waals surface area contributed by atoms with E-state index in [0.717, 1.165) is 5.56 Å². The van der Waals surface area contributed by atoms with Gasteiger partial charge in [0, 0.05) is 0 Å². The van der Waals surface area contributed by atoms with Crippen molar-refractivity contribution in [2.24, 2.45) is 5.92 Å². The molecule has 0 aliphatic carbocycles. The summed E-state index contributed by atoms with van der Waals surface area (Å²) in [5, 5.41) is 2.71. The summed E-state index contributed by atoms with van der Waals surface area (Å²) >= 11 is 0. The van der Waals surface area contributed by atoms with Gasteiger partial charge in [-0.1, -0.05) is 26.0 Å². The summed E-state index contributed by atoms with van der Waals surface area (Å²) in [6, 6.07) is 6.63. The van der Waals surface area contributed by atoms with Crippen LogP contribution in [0.1, 0.15) is 19.4 Å². The van der Waals surface area contributed by atoms with E-state index in [-0.39, 0.29) is 17.9 Å². The molecule has 1 aliphatic heterocycles. The molecule has 1 unspecified atom stereocenters. The van der Waals surface area contributed by atoms with Crippen LogP contribution in [0.4, 0.5) is 10.5 Å². The van der Waals surface area contributed by atoms with E-state index in [1.54, 1.807) is 6.07 Å². The molecule has 1 saturated heterocycles. The zero-order valence-corrected chi connectivity index (χ0v) is 10.2. The lowest BCUT2D eigenvalue weighted by molar-refractivity contribution is -0.119. The highest BCUT2D eigenvalue weighted by atomic mass is 16.2. The second-order valence-corrected chi connectivity index (χ2v) is 4.68. The fraction of sp³-hybridized carbons (Fsp3) is 0.385. The fourth-order valence-corrected chi connectivity index (χ4v) is 1.96. The molecule has 0 spiro atoms. The van der Waals surface area contributed by atoms with Crippen LogP contribution in [0.5, 0.6) is 0 Å². The summed E-state index contributed by atoms with van der Waals surface area (Å²) in [5.41, 5.74) is 1.66. The standard InChI is InChI=1S/C13H16N2O2/c1-8(2)11-12(16)15(13(17)14-11)10-6-4-5-9(3)7-10/h4-8,11H,1-3H3,(H,14,17). The van der Waals surface area contributed by atoms with Crippen LogP contribution >= 0.6 is 0 Å². The van der Waals surface area contributed by atoms with Gasteiger partial charge in [0.15, 0.2) is 0 Å². The molecule has 4 heteroatoms. The predicted molar refractivity (Wildman–Crippen MR) is 65.8 cm³/mol. The molecule has 1 N–H and O–H groups in total. The van der Waals surface area contributed by atoms with Gasteiger partial charge < -0.3 is 5.32 Å². The van der Waals surface area contributed by atoms with Crippen molar-refractivity contribution in [1.29, 1.82) is 0 Å². The number of imide groups is 1. The Balaban J connectivity index is 2.34. The minimum absolute atomic E-state index is 0.0984. The molecule has 0 aromatic heterocycles. The van der Waals surface area contributed by atoms with Crippen LogP contribution in [0.3, 0.4) is 0 Å². The molecule has 1 aromatic carbocycles. The van der Waals surface area contributed by atoms with Crippen LogP contribution in [-0.4, -0.2) is 18.0 Å². The maximum Gasteiger partial charge on any atom is 0.329 e. The molecule has 0 radical (unpaired) electrons. The van der Waals surface area contributed by atoms with Crippen LogP contribution in [0.25, 0.3) is 0 Å². The number of amides is 3. The molecule has 2 rings (SSSR count). The van der Waals surface area contributed by atoms with E-state index in [4.69, 9.17) is 0 Å². The number of nitrogens with one attached hydrogen (secondary N) is 1. The highest BCUT2D eigenvalue weighted by molar-refractivity contribution is 6.21. The largest absolute Gasteiger partial charge is 0.329 e. The van der Waals surface area contributed by atoms with E-state index < -0.39 is 6.04 Å². The van der Waals surface area contributed by atoms with E-state index in [1.165, 1.54) is 4.90 Å². The zero-order valence-electron chi connectivity index (χ0n) is 10.2. The Hall–Kier alpha value is -1.84. The van der Waals surface area contributed by atoms with Crippen molar-refractivity contribution in [2.45, 2.75) is 26.8 Å². The Kier molecular flexibility index (Phi) is 2.88. The number of benzene rings is 1. The van der Waals surface area contributed by atoms with Gasteiger partial charge in [0.2, 0.25) is 0 Å². The second-order valence-electron chi connectivity index (χ2n) is 4.68. The minimum atomic E-state index is -0.414.